The molecule has 0 radical (unpaired) electrons. The van der Waals surface area contributed by atoms with E-state index in [0.29, 0.717) is 40.1 Å². The van der Waals surface area contributed by atoms with Gasteiger partial charge < -0.3 is 25.0 Å². The molecule has 0 atom stereocenters. The number of nitrogens with zero attached hydrogens (tertiary/aromatic N) is 2. The number of aromatic nitrogens is 3. The van der Waals surface area contributed by atoms with E-state index in [0.717, 1.165) is 21.2 Å². The van der Waals surface area contributed by atoms with E-state index in [-0.39, 0.29) is 12.5 Å². The highest BCUT2D eigenvalue weighted by atomic mass is 79.9. The minimum Gasteiger partial charge on any atom is -0.496 e. The Morgan fingerprint density at radius 1 is 1.05 bits per heavy atom. The Bertz CT molecular complexity index is 1450. The van der Waals surface area contributed by atoms with Crippen LogP contribution in [0.4, 0.5) is 5.69 Å². The average molecular weight is 584 g/mol. The minimum absolute atomic E-state index is 0.166. The maximum absolute atomic E-state index is 12.4. The third-order valence-corrected chi connectivity index (χ3v) is 6.49. The summed E-state index contributed by atoms with van der Waals surface area (Å²) in [5.41, 5.74) is 6.78. The summed E-state index contributed by atoms with van der Waals surface area (Å²) in [7, 11) is 3.16. The molecule has 1 aromatic heterocycles. The van der Waals surface area contributed by atoms with Crippen molar-refractivity contribution in [1.29, 1.82) is 0 Å². The molecule has 4 rings (SSSR count). The van der Waals surface area contributed by atoms with Gasteiger partial charge in [0.2, 0.25) is 4.77 Å². The van der Waals surface area contributed by atoms with Crippen LogP contribution in [0.3, 0.4) is 0 Å². The van der Waals surface area contributed by atoms with Gasteiger partial charge in [-0.3, -0.25) is 4.79 Å². The van der Waals surface area contributed by atoms with Gasteiger partial charge in [-0.1, -0.05) is 45.8 Å². The number of nitrogens with one attached hydrogen (secondary N) is 3. The molecule has 3 N–H and O–H groups in total. The van der Waals surface area contributed by atoms with Crippen LogP contribution in [0.15, 0.2) is 65.1 Å². The number of aryl methyl sites for hydroxylation is 1. The van der Waals surface area contributed by atoms with E-state index in [1.807, 2.05) is 61.5 Å². The second-order valence-electron chi connectivity index (χ2n) is 8.02. The van der Waals surface area contributed by atoms with Crippen LogP contribution < -0.4 is 25.0 Å². The molecule has 192 valence electrons. The molecule has 1 amide bonds. The highest BCUT2D eigenvalue weighted by Crippen LogP contribution is 2.34. The highest BCUT2D eigenvalue weighted by Gasteiger charge is 2.16. The summed E-state index contributed by atoms with van der Waals surface area (Å²) >= 11 is 9.02. The van der Waals surface area contributed by atoms with Crippen molar-refractivity contribution in [2.24, 2.45) is 0 Å². The molecule has 0 saturated heterocycles. The van der Waals surface area contributed by atoms with Crippen LogP contribution >= 0.6 is 28.1 Å². The van der Waals surface area contributed by atoms with Crippen LogP contribution in [0.25, 0.3) is 11.4 Å². The quantitative estimate of drug-likeness (QED) is 0.213. The molecular weight excluding hydrogens is 558 g/mol. The summed E-state index contributed by atoms with van der Waals surface area (Å²) in [5.74, 6) is 1.92. The van der Waals surface area contributed by atoms with Crippen molar-refractivity contribution in [2.75, 3.05) is 31.6 Å². The van der Waals surface area contributed by atoms with Gasteiger partial charge in [0.25, 0.3) is 5.91 Å². The summed E-state index contributed by atoms with van der Waals surface area (Å²) in [6.45, 7) is 2.21. The summed E-state index contributed by atoms with van der Waals surface area (Å²) in [6, 6.07) is 18.7. The Morgan fingerprint density at radius 2 is 1.78 bits per heavy atom. The zero-order valence-corrected chi connectivity index (χ0v) is 22.9. The van der Waals surface area contributed by atoms with Crippen LogP contribution in [-0.2, 0) is 11.3 Å². The fraction of sp³-hybridized carbons (Fsp3) is 0.192. The van der Waals surface area contributed by atoms with Crippen LogP contribution in [0.2, 0.25) is 0 Å². The predicted molar refractivity (Wildman–Crippen MR) is 148 cm³/mol. The molecule has 0 aliphatic heterocycles. The Kier molecular flexibility index (Phi) is 8.47. The molecule has 4 aromatic rings. The van der Waals surface area contributed by atoms with Crippen molar-refractivity contribution in [3.8, 4) is 28.6 Å². The first kappa shape index (κ1) is 26.2. The van der Waals surface area contributed by atoms with Gasteiger partial charge in [-0.2, -0.15) is 5.10 Å². The van der Waals surface area contributed by atoms with E-state index in [1.165, 1.54) is 0 Å². The number of rotatable bonds is 10. The van der Waals surface area contributed by atoms with Crippen LogP contribution in [0, 0.1) is 11.7 Å². The van der Waals surface area contributed by atoms with E-state index in [2.05, 4.69) is 36.9 Å². The van der Waals surface area contributed by atoms with Crippen LogP contribution in [0.5, 0.6) is 17.2 Å². The highest BCUT2D eigenvalue weighted by molar-refractivity contribution is 9.10. The second kappa shape index (κ2) is 11.9. The van der Waals surface area contributed by atoms with Crippen molar-refractivity contribution in [3.05, 3.63) is 81.0 Å². The van der Waals surface area contributed by atoms with Gasteiger partial charge in [-0.25, -0.2) is 9.77 Å². The lowest BCUT2D eigenvalue weighted by Crippen LogP contribution is -2.20. The number of benzene rings is 3. The van der Waals surface area contributed by atoms with E-state index < -0.39 is 0 Å². The molecule has 0 spiro atoms. The second-order valence-corrected chi connectivity index (χ2v) is 9.26. The number of hydrogen-bond donors (Lipinski definition) is 3. The number of aromatic amines is 1. The van der Waals surface area contributed by atoms with Gasteiger partial charge in [-0.15, -0.1) is 0 Å². The number of carbonyl (C=O) groups is 1. The smallest absolute Gasteiger partial charge is 0.262 e. The van der Waals surface area contributed by atoms with E-state index in [4.69, 9.17) is 26.4 Å². The Morgan fingerprint density at radius 3 is 2.51 bits per heavy atom. The average Bonchev–Trinajstić information content (AvgIpc) is 3.27. The Hall–Kier alpha value is -3.83. The molecule has 0 aliphatic rings. The van der Waals surface area contributed by atoms with Crippen molar-refractivity contribution in [1.82, 2.24) is 14.9 Å². The number of ether oxygens (including phenoxy) is 3. The monoisotopic (exact) mass is 583 g/mol. The standard InChI is InChI=1S/C26H26BrN5O4S/c1-16-8-10-18(11-9-16)29-24(33)15-36-23-13-20(27)17(12-22(23)35-3)14-28-32-25(30-31-26(32)37)19-6-4-5-7-21(19)34-2/h4-13,28H,14-15H2,1-3H3,(H,29,33)(H,31,37). The number of carbonyl (C=O) groups excluding carboxylic acids is 1. The first-order valence-corrected chi connectivity index (χ1v) is 12.5. The molecular formula is C26H26BrN5O4S. The summed E-state index contributed by atoms with van der Waals surface area (Å²) < 4.78 is 19.6. The molecule has 11 heteroatoms. The maximum atomic E-state index is 12.4. The Labute approximate surface area is 227 Å². The van der Waals surface area contributed by atoms with Gasteiger partial charge >= 0.3 is 0 Å². The lowest BCUT2D eigenvalue weighted by atomic mass is 10.2. The molecule has 9 nitrogen and oxygen atoms in total. The van der Waals surface area contributed by atoms with Crippen LogP contribution in [0.1, 0.15) is 11.1 Å². The molecule has 0 aliphatic carbocycles. The van der Waals surface area contributed by atoms with Crippen molar-refractivity contribution in [3.63, 3.8) is 0 Å². The zero-order valence-electron chi connectivity index (χ0n) is 20.5. The number of H-pyrrole nitrogens is 1. The molecule has 37 heavy (non-hydrogen) atoms. The Balaban J connectivity index is 1.46. The lowest BCUT2D eigenvalue weighted by Gasteiger charge is -2.16. The number of hydrogen-bond acceptors (Lipinski definition) is 7. The number of anilines is 1. The lowest BCUT2D eigenvalue weighted by molar-refractivity contribution is -0.118. The predicted octanol–water partition coefficient (Wildman–Crippen LogP) is 5.46. The van der Waals surface area contributed by atoms with Crippen LogP contribution in [-0.4, -0.2) is 41.6 Å². The van der Waals surface area contributed by atoms with E-state index >= 15 is 0 Å². The van der Waals surface area contributed by atoms with Crippen molar-refractivity contribution < 1.29 is 19.0 Å². The minimum atomic E-state index is -0.272. The van der Waals surface area contributed by atoms with Gasteiger partial charge in [-0.05, 0) is 61.1 Å². The van der Waals surface area contributed by atoms with Crippen molar-refractivity contribution in [2.45, 2.75) is 13.5 Å². The number of amides is 1. The molecule has 0 fully saturated rings. The van der Waals surface area contributed by atoms with Gasteiger partial charge in [0.1, 0.15) is 5.75 Å². The molecule has 0 bridgehead atoms. The van der Waals surface area contributed by atoms with Gasteiger partial charge in [0, 0.05) is 10.2 Å². The summed E-state index contributed by atoms with van der Waals surface area (Å²) in [4.78, 5) is 12.4. The third-order valence-electron chi connectivity index (χ3n) is 5.47. The van der Waals surface area contributed by atoms with Gasteiger partial charge in [0.15, 0.2) is 23.9 Å². The van der Waals surface area contributed by atoms with Crippen molar-refractivity contribution >= 4 is 39.7 Å². The molecule has 0 saturated carbocycles. The summed E-state index contributed by atoms with van der Waals surface area (Å²) in [6.07, 6.45) is 0. The molecule has 1 heterocycles. The number of para-hydroxylation sites is 1. The molecule has 3 aromatic carbocycles. The summed E-state index contributed by atoms with van der Waals surface area (Å²) in [5, 5.41) is 10.00. The third kappa shape index (κ3) is 6.30. The van der Waals surface area contributed by atoms with E-state index in [1.54, 1.807) is 25.0 Å². The number of methoxy groups -OCH3 is 2. The molecule has 0 unspecified atom stereocenters. The zero-order chi connectivity index (χ0) is 26.4. The number of halogens is 1. The first-order chi connectivity index (χ1) is 17.9. The topological polar surface area (TPSA) is 102 Å². The fourth-order valence-electron chi connectivity index (χ4n) is 3.58. The maximum Gasteiger partial charge on any atom is 0.262 e. The van der Waals surface area contributed by atoms with E-state index in [9.17, 15) is 4.79 Å². The normalized spacial score (nSPS) is 10.6. The van der Waals surface area contributed by atoms with Gasteiger partial charge in [0.05, 0.1) is 26.3 Å². The SMILES string of the molecule is COc1cc(CNn2c(-c3ccccc3OC)n[nH]c2=S)c(Br)cc1OCC(=O)Nc1ccc(C)cc1. The first-order valence-electron chi connectivity index (χ1n) is 11.3. The largest absolute Gasteiger partial charge is 0.496 e. The fourth-order valence-corrected chi connectivity index (χ4v) is 4.24.